The molecule has 8 heteroatoms. The van der Waals surface area contributed by atoms with Crippen molar-refractivity contribution in [3.63, 3.8) is 0 Å². The van der Waals surface area contributed by atoms with Gasteiger partial charge in [0.25, 0.3) is 5.91 Å². The minimum absolute atomic E-state index is 0.0972. The average Bonchev–Trinajstić information content (AvgIpc) is 3.11. The predicted octanol–water partition coefficient (Wildman–Crippen LogP) is 1.45. The first kappa shape index (κ1) is 12.8. The smallest absolute Gasteiger partial charge is 0.284 e. The van der Waals surface area contributed by atoms with Crippen molar-refractivity contribution in [2.24, 2.45) is 5.73 Å². The highest BCUT2D eigenvalue weighted by Crippen LogP contribution is 2.27. The number of carbonyl (C=O) groups is 1. The molecule has 3 heterocycles. The van der Waals surface area contributed by atoms with Gasteiger partial charge in [0.1, 0.15) is 12.6 Å². The van der Waals surface area contributed by atoms with Crippen LogP contribution in [0.1, 0.15) is 29.8 Å². The van der Waals surface area contributed by atoms with Gasteiger partial charge in [-0.05, 0) is 25.3 Å². The Morgan fingerprint density at radius 3 is 2.95 bits per heavy atom. The van der Waals surface area contributed by atoms with Crippen molar-refractivity contribution in [1.82, 2.24) is 19.6 Å². The van der Waals surface area contributed by atoms with E-state index in [9.17, 15) is 4.79 Å². The third-order valence-corrected chi connectivity index (χ3v) is 3.89. The molecule has 1 amide bonds. The Bertz CT molecular complexity index is 848. The maximum atomic E-state index is 11.1. The average molecular weight is 298 g/mol. The van der Waals surface area contributed by atoms with Crippen molar-refractivity contribution in [2.75, 3.05) is 5.32 Å². The normalized spacial score (nSPS) is 14.9. The number of carbonyl (C=O) groups excluding carboxylic acids is 1. The first-order valence-corrected chi connectivity index (χ1v) is 7.06. The summed E-state index contributed by atoms with van der Waals surface area (Å²) in [7, 11) is 0. The molecule has 1 saturated carbocycles. The number of fused-ring (bicyclic) bond motifs is 1. The molecule has 3 N–H and O–H groups in total. The largest absolute Gasteiger partial charge is 0.458 e. The molecule has 3 aromatic rings. The maximum Gasteiger partial charge on any atom is 0.284 e. The Kier molecular flexibility index (Phi) is 2.81. The van der Waals surface area contributed by atoms with Crippen LogP contribution in [0.5, 0.6) is 0 Å². The number of furan rings is 1. The number of hydrogen-bond acceptors (Lipinski definition) is 6. The second-order valence-corrected chi connectivity index (χ2v) is 5.32. The molecule has 0 atom stereocenters. The molecule has 3 aromatic heterocycles. The van der Waals surface area contributed by atoms with Crippen molar-refractivity contribution >= 4 is 17.4 Å². The van der Waals surface area contributed by atoms with Crippen LogP contribution in [-0.2, 0) is 0 Å². The van der Waals surface area contributed by atoms with Gasteiger partial charge in [-0.3, -0.25) is 4.79 Å². The number of hydrogen-bond donors (Lipinski definition) is 2. The highest BCUT2D eigenvalue weighted by atomic mass is 16.3. The molecule has 112 valence electrons. The molecule has 1 aliphatic rings. The summed E-state index contributed by atoms with van der Waals surface area (Å²) in [5.74, 6) is 0.196. The molecule has 22 heavy (non-hydrogen) atoms. The Morgan fingerprint density at radius 2 is 2.27 bits per heavy atom. The van der Waals surface area contributed by atoms with Crippen LogP contribution < -0.4 is 11.1 Å². The van der Waals surface area contributed by atoms with Gasteiger partial charge in [0.05, 0.1) is 11.9 Å². The van der Waals surface area contributed by atoms with Crippen LogP contribution >= 0.6 is 0 Å². The number of nitrogens with one attached hydrogen (secondary N) is 1. The number of nitrogens with zero attached hydrogens (tertiary/aromatic N) is 4. The van der Waals surface area contributed by atoms with Gasteiger partial charge in [0, 0.05) is 11.6 Å². The summed E-state index contributed by atoms with van der Waals surface area (Å²) < 4.78 is 6.82. The molecule has 1 aliphatic carbocycles. The summed E-state index contributed by atoms with van der Waals surface area (Å²) in [6.07, 6.45) is 8.14. The number of nitrogens with two attached hydrogens (primary N) is 1. The van der Waals surface area contributed by atoms with Crippen LogP contribution in [0.3, 0.4) is 0 Å². The molecule has 0 spiro atoms. The molecule has 4 rings (SSSR count). The lowest BCUT2D eigenvalue weighted by atomic mass is 9.93. The van der Waals surface area contributed by atoms with E-state index in [-0.39, 0.29) is 5.76 Å². The fourth-order valence-corrected chi connectivity index (χ4v) is 2.46. The number of anilines is 1. The lowest BCUT2D eigenvalue weighted by molar-refractivity contribution is 0.0974. The predicted molar refractivity (Wildman–Crippen MR) is 78.3 cm³/mol. The molecule has 0 radical (unpaired) electrons. The van der Waals surface area contributed by atoms with E-state index in [1.54, 1.807) is 16.8 Å². The molecule has 0 aromatic carbocycles. The van der Waals surface area contributed by atoms with E-state index in [2.05, 4.69) is 20.4 Å². The Balaban J connectivity index is 1.76. The summed E-state index contributed by atoms with van der Waals surface area (Å²) in [6.45, 7) is 0. The van der Waals surface area contributed by atoms with E-state index in [4.69, 9.17) is 10.2 Å². The summed E-state index contributed by atoms with van der Waals surface area (Å²) in [6, 6.07) is 2.02. The van der Waals surface area contributed by atoms with Crippen molar-refractivity contribution in [2.45, 2.75) is 25.3 Å². The molecule has 8 nitrogen and oxygen atoms in total. The summed E-state index contributed by atoms with van der Waals surface area (Å²) in [5.41, 5.74) is 7.21. The third-order valence-electron chi connectivity index (χ3n) is 3.89. The second kappa shape index (κ2) is 4.83. The van der Waals surface area contributed by atoms with Crippen LogP contribution in [0, 0.1) is 0 Å². The molecule has 1 fully saturated rings. The van der Waals surface area contributed by atoms with Crippen LogP contribution in [0.25, 0.3) is 16.9 Å². The molecular weight excluding hydrogens is 284 g/mol. The summed E-state index contributed by atoms with van der Waals surface area (Å²) in [4.78, 5) is 19.8. The highest BCUT2D eigenvalue weighted by Gasteiger charge is 2.20. The Hall–Kier alpha value is -2.90. The molecule has 0 aliphatic heterocycles. The SMILES string of the molecule is NC(=O)c1cc(-c2cnc(NC3CCC3)c3ncnn23)co1. The second-order valence-electron chi connectivity index (χ2n) is 5.32. The van der Waals surface area contributed by atoms with E-state index in [1.165, 1.54) is 19.0 Å². The zero-order chi connectivity index (χ0) is 15.1. The van der Waals surface area contributed by atoms with Gasteiger partial charge >= 0.3 is 0 Å². The van der Waals surface area contributed by atoms with Gasteiger partial charge in [0.2, 0.25) is 0 Å². The van der Waals surface area contributed by atoms with Crippen LogP contribution in [0.4, 0.5) is 5.82 Å². The zero-order valence-electron chi connectivity index (χ0n) is 11.7. The highest BCUT2D eigenvalue weighted by molar-refractivity contribution is 5.91. The van der Waals surface area contributed by atoms with Gasteiger partial charge in [-0.25, -0.2) is 14.5 Å². The first-order chi connectivity index (χ1) is 10.7. The van der Waals surface area contributed by atoms with Crippen molar-refractivity contribution in [3.8, 4) is 11.3 Å². The fourth-order valence-electron chi connectivity index (χ4n) is 2.46. The lowest BCUT2D eigenvalue weighted by Gasteiger charge is -2.26. The molecule has 0 bridgehead atoms. The quantitative estimate of drug-likeness (QED) is 0.754. The molecular formula is C14H14N6O2. The zero-order valence-corrected chi connectivity index (χ0v) is 11.7. The minimum Gasteiger partial charge on any atom is -0.458 e. The lowest BCUT2D eigenvalue weighted by Crippen LogP contribution is -2.27. The number of aromatic nitrogens is 4. The van der Waals surface area contributed by atoms with E-state index in [0.717, 1.165) is 12.8 Å². The van der Waals surface area contributed by atoms with Crippen molar-refractivity contribution in [3.05, 3.63) is 30.6 Å². The number of rotatable bonds is 4. The monoisotopic (exact) mass is 298 g/mol. The molecule has 0 saturated heterocycles. The van der Waals surface area contributed by atoms with Gasteiger partial charge < -0.3 is 15.5 Å². The Labute approximate surface area is 125 Å². The number of amides is 1. The fraction of sp³-hybridized carbons (Fsp3) is 0.286. The van der Waals surface area contributed by atoms with E-state index >= 15 is 0 Å². The van der Waals surface area contributed by atoms with E-state index in [0.29, 0.717) is 28.8 Å². The van der Waals surface area contributed by atoms with Crippen LogP contribution in [0.15, 0.2) is 29.3 Å². The minimum atomic E-state index is -0.614. The van der Waals surface area contributed by atoms with Crippen molar-refractivity contribution in [1.29, 1.82) is 0 Å². The maximum absolute atomic E-state index is 11.1. The van der Waals surface area contributed by atoms with Gasteiger partial charge in [-0.15, -0.1) is 0 Å². The topological polar surface area (TPSA) is 111 Å². The third kappa shape index (κ3) is 2.00. The van der Waals surface area contributed by atoms with Gasteiger partial charge in [-0.1, -0.05) is 0 Å². The van der Waals surface area contributed by atoms with E-state index in [1.807, 2.05) is 0 Å². The van der Waals surface area contributed by atoms with Crippen LogP contribution in [-0.4, -0.2) is 31.5 Å². The first-order valence-electron chi connectivity index (χ1n) is 7.06. The van der Waals surface area contributed by atoms with Crippen molar-refractivity contribution < 1.29 is 9.21 Å². The van der Waals surface area contributed by atoms with Gasteiger partial charge in [-0.2, -0.15) is 5.10 Å². The molecule has 0 unspecified atom stereocenters. The summed E-state index contributed by atoms with van der Waals surface area (Å²) in [5, 5.41) is 7.61. The Morgan fingerprint density at radius 1 is 1.41 bits per heavy atom. The number of primary amides is 1. The van der Waals surface area contributed by atoms with Gasteiger partial charge in [0.15, 0.2) is 17.2 Å². The standard InChI is InChI=1S/C14H14N6O2/c15-12(21)11-4-8(6-22-11)10-5-16-13(19-9-2-1-3-9)14-17-7-18-20(10)14/h4-7,9H,1-3H2,(H2,15,21)(H,16,19). The van der Waals surface area contributed by atoms with Crippen LogP contribution in [0.2, 0.25) is 0 Å². The van der Waals surface area contributed by atoms with E-state index < -0.39 is 5.91 Å². The summed E-state index contributed by atoms with van der Waals surface area (Å²) >= 11 is 0.